The van der Waals surface area contributed by atoms with E-state index in [9.17, 15) is 8.78 Å². The number of fused-ring (bicyclic) bond motifs is 1. The van der Waals surface area contributed by atoms with Gasteiger partial charge in [-0.1, -0.05) is 12.1 Å². The van der Waals surface area contributed by atoms with E-state index in [0.717, 1.165) is 18.6 Å². The van der Waals surface area contributed by atoms with Crippen LogP contribution in [0.2, 0.25) is 0 Å². The number of halogens is 3. The Balaban J connectivity index is 0.00000341. The molecule has 31 heavy (non-hydrogen) atoms. The summed E-state index contributed by atoms with van der Waals surface area (Å²) in [5.74, 6) is 2.31. The van der Waals surface area contributed by atoms with Crippen LogP contribution < -0.4 is 29.6 Å². The van der Waals surface area contributed by atoms with Crippen LogP contribution in [0.5, 0.6) is 23.0 Å². The van der Waals surface area contributed by atoms with Crippen LogP contribution in [0, 0.1) is 0 Å². The lowest BCUT2D eigenvalue weighted by Gasteiger charge is -2.15. The molecule has 0 bridgehead atoms. The third kappa shape index (κ3) is 7.30. The van der Waals surface area contributed by atoms with Crippen LogP contribution in [0.3, 0.4) is 0 Å². The Morgan fingerprint density at radius 3 is 2.65 bits per heavy atom. The van der Waals surface area contributed by atoms with E-state index >= 15 is 0 Å². The molecular weight excluding hydrogens is 523 g/mol. The van der Waals surface area contributed by atoms with E-state index in [1.54, 1.807) is 20.2 Å². The van der Waals surface area contributed by atoms with Gasteiger partial charge < -0.3 is 29.6 Å². The number of benzene rings is 2. The first-order valence-electron chi connectivity index (χ1n) is 9.54. The smallest absolute Gasteiger partial charge is 0.387 e. The summed E-state index contributed by atoms with van der Waals surface area (Å²) in [5.41, 5.74) is 1.70. The molecule has 2 N–H and O–H groups in total. The topological polar surface area (TPSA) is 73.3 Å². The monoisotopic (exact) mass is 549 g/mol. The second-order valence-electron chi connectivity index (χ2n) is 6.50. The highest BCUT2D eigenvalue weighted by Gasteiger charge is 2.20. The highest BCUT2D eigenvalue weighted by atomic mass is 127. The summed E-state index contributed by atoms with van der Waals surface area (Å²) in [6, 6.07) is 11.0. The largest absolute Gasteiger partial charge is 0.497 e. The van der Waals surface area contributed by atoms with E-state index in [4.69, 9.17) is 14.2 Å². The Hall–Kier alpha value is -2.50. The van der Waals surface area contributed by atoms with Crippen molar-refractivity contribution in [2.45, 2.75) is 26.0 Å². The summed E-state index contributed by atoms with van der Waals surface area (Å²) in [4.78, 5) is 4.17. The van der Waals surface area contributed by atoms with Gasteiger partial charge in [-0.3, -0.25) is 4.99 Å². The van der Waals surface area contributed by atoms with Crippen molar-refractivity contribution >= 4 is 29.9 Å². The van der Waals surface area contributed by atoms with Crippen molar-refractivity contribution in [1.29, 1.82) is 0 Å². The average Bonchev–Trinajstić information content (AvgIpc) is 3.20. The minimum Gasteiger partial charge on any atom is -0.497 e. The van der Waals surface area contributed by atoms with Crippen LogP contribution in [0.25, 0.3) is 0 Å². The molecule has 0 atom stereocenters. The van der Waals surface area contributed by atoms with Crippen molar-refractivity contribution in [2.75, 3.05) is 27.5 Å². The SMILES string of the molecule is CN=C(NCCCc1cccc(OC)c1)NCc1cc2c(cc1OC(F)F)OCO2.I. The number of alkyl halides is 2. The standard InChI is InChI=1S/C21H25F2N3O4.HI/c1-24-21(25-8-4-6-14-5-3-7-16(9-14)27-2)26-12-15-10-18-19(29-13-28-18)11-17(15)30-20(22)23;/h3,5,7,9-11,20H,4,6,8,12-13H2,1-2H3,(H2,24,25,26);1H. The normalized spacial score (nSPS) is 12.4. The molecule has 1 heterocycles. The van der Waals surface area contributed by atoms with Crippen molar-refractivity contribution < 1.29 is 27.7 Å². The summed E-state index contributed by atoms with van der Waals surface area (Å²) in [7, 11) is 3.29. The van der Waals surface area contributed by atoms with Gasteiger partial charge in [0.15, 0.2) is 17.5 Å². The first-order valence-corrected chi connectivity index (χ1v) is 9.54. The zero-order chi connectivity index (χ0) is 21.3. The van der Waals surface area contributed by atoms with E-state index in [1.165, 1.54) is 11.6 Å². The molecule has 0 amide bonds. The summed E-state index contributed by atoms with van der Waals surface area (Å²) >= 11 is 0. The first kappa shape index (κ1) is 24.8. The number of aliphatic imine (C=N–C) groups is 1. The van der Waals surface area contributed by atoms with Crippen LogP contribution in [0.15, 0.2) is 41.4 Å². The number of rotatable bonds is 9. The van der Waals surface area contributed by atoms with Crippen LogP contribution in [0.4, 0.5) is 8.78 Å². The van der Waals surface area contributed by atoms with Gasteiger partial charge in [0.05, 0.1) is 7.11 Å². The molecule has 0 radical (unpaired) electrons. The molecule has 0 saturated heterocycles. The quantitative estimate of drug-likeness (QED) is 0.214. The van der Waals surface area contributed by atoms with Crippen LogP contribution >= 0.6 is 24.0 Å². The summed E-state index contributed by atoms with van der Waals surface area (Å²) in [6.45, 7) is -1.96. The second-order valence-corrected chi connectivity index (χ2v) is 6.50. The Morgan fingerprint density at radius 1 is 1.16 bits per heavy atom. The molecule has 10 heteroatoms. The Morgan fingerprint density at radius 2 is 1.94 bits per heavy atom. The number of guanidine groups is 1. The maximum Gasteiger partial charge on any atom is 0.387 e. The number of methoxy groups -OCH3 is 1. The fraction of sp³-hybridized carbons (Fsp3) is 0.381. The van der Waals surface area contributed by atoms with Gasteiger partial charge >= 0.3 is 6.61 Å². The molecule has 0 unspecified atom stereocenters. The minimum absolute atomic E-state index is 0. The molecule has 1 aliphatic rings. The molecular formula is C21H26F2IN3O4. The third-order valence-corrected chi connectivity index (χ3v) is 4.51. The van der Waals surface area contributed by atoms with Gasteiger partial charge in [0.1, 0.15) is 11.5 Å². The van der Waals surface area contributed by atoms with Gasteiger partial charge in [0.2, 0.25) is 6.79 Å². The van der Waals surface area contributed by atoms with Crippen molar-refractivity contribution in [2.24, 2.45) is 4.99 Å². The molecule has 0 aromatic heterocycles. The highest BCUT2D eigenvalue weighted by molar-refractivity contribution is 14.0. The van der Waals surface area contributed by atoms with Gasteiger partial charge in [-0.25, -0.2) is 0 Å². The predicted molar refractivity (Wildman–Crippen MR) is 124 cm³/mol. The van der Waals surface area contributed by atoms with Gasteiger partial charge in [-0.05, 0) is 36.6 Å². The van der Waals surface area contributed by atoms with Gasteiger partial charge in [-0.2, -0.15) is 8.78 Å². The Labute approximate surface area is 197 Å². The highest BCUT2D eigenvalue weighted by Crippen LogP contribution is 2.38. The number of aryl methyl sites for hydroxylation is 1. The van der Waals surface area contributed by atoms with E-state index in [2.05, 4.69) is 26.4 Å². The first-order chi connectivity index (χ1) is 14.6. The second kappa shape index (κ2) is 12.4. The lowest BCUT2D eigenvalue weighted by atomic mass is 10.1. The summed E-state index contributed by atoms with van der Waals surface area (Å²) in [6.07, 6.45) is 1.77. The maximum absolute atomic E-state index is 12.8. The summed E-state index contributed by atoms with van der Waals surface area (Å²) in [5, 5.41) is 6.32. The molecule has 2 aromatic rings. The molecule has 1 aliphatic heterocycles. The molecule has 2 aromatic carbocycles. The lowest BCUT2D eigenvalue weighted by Crippen LogP contribution is -2.37. The fourth-order valence-corrected chi connectivity index (χ4v) is 3.04. The fourth-order valence-electron chi connectivity index (χ4n) is 3.04. The Bertz CT molecular complexity index is 884. The molecule has 170 valence electrons. The van der Waals surface area contributed by atoms with Gasteiger partial charge in [0, 0.05) is 31.8 Å². The van der Waals surface area contributed by atoms with E-state index < -0.39 is 6.61 Å². The van der Waals surface area contributed by atoms with Crippen LogP contribution in [-0.4, -0.2) is 40.1 Å². The van der Waals surface area contributed by atoms with Gasteiger partial charge in [-0.15, -0.1) is 24.0 Å². The average molecular weight is 549 g/mol. The van der Waals surface area contributed by atoms with Gasteiger partial charge in [0.25, 0.3) is 0 Å². The van der Waals surface area contributed by atoms with Crippen molar-refractivity contribution in [3.05, 3.63) is 47.5 Å². The predicted octanol–water partition coefficient (Wildman–Crippen LogP) is 3.94. The molecule has 0 spiro atoms. The zero-order valence-electron chi connectivity index (χ0n) is 17.3. The number of hydrogen-bond donors (Lipinski definition) is 2. The molecule has 3 rings (SSSR count). The number of ether oxygens (including phenoxy) is 4. The molecule has 7 nitrogen and oxygen atoms in total. The molecule has 0 saturated carbocycles. The molecule has 0 fully saturated rings. The lowest BCUT2D eigenvalue weighted by molar-refractivity contribution is -0.0505. The van der Waals surface area contributed by atoms with E-state index in [0.29, 0.717) is 29.6 Å². The zero-order valence-corrected chi connectivity index (χ0v) is 19.7. The van der Waals surface area contributed by atoms with E-state index in [1.807, 2.05) is 18.2 Å². The maximum atomic E-state index is 12.8. The minimum atomic E-state index is -2.93. The number of hydrogen-bond acceptors (Lipinski definition) is 5. The Kier molecular flexibility index (Phi) is 9.89. The van der Waals surface area contributed by atoms with Crippen LogP contribution in [-0.2, 0) is 13.0 Å². The number of nitrogens with zero attached hydrogens (tertiary/aromatic N) is 1. The van der Waals surface area contributed by atoms with E-state index in [-0.39, 0.29) is 43.1 Å². The third-order valence-electron chi connectivity index (χ3n) is 4.51. The van der Waals surface area contributed by atoms with Crippen LogP contribution in [0.1, 0.15) is 17.5 Å². The number of nitrogens with one attached hydrogen (secondary N) is 2. The van der Waals surface area contributed by atoms with Crippen molar-refractivity contribution in [3.63, 3.8) is 0 Å². The summed E-state index contributed by atoms with van der Waals surface area (Å²) < 4.78 is 45.9. The van der Waals surface area contributed by atoms with Crippen molar-refractivity contribution in [3.8, 4) is 23.0 Å². The van der Waals surface area contributed by atoms with Crippen molar-refractivity contribution in [1.82, 2.24) is 10.6 Å². The molecule has 0 aliphatic carbocycles.